The Bertz CT molecular complexity index is 896. The Balaban J connectivity index is 1.64. The van der Waals surface area contributed by atoms with Crippen molar-refractivity contribution in [2.75, 3.05) is 31.6 Å². The molecule has 1 fully saturated rings. The monoisotopic (exact) mass is 444 g/mol. The van der Waals surface area contributed by atoms with Gasteiger partial charge in [0.1, 0.15) is 0 Å². The molecule has 0 aromatic heterocycles. The number of hydrogen-bond donors (Lipinski definition) is 1. The van der Waals surface area contributed by atoms with Crippen LogP contribution >= 0.6 is 11.6 Å². The van der Waals surface area contributed by atoms with E-state index < -0.39 is 0 Å². The molecule has 2 amide bonds. The van der Waals surface area contributed by atoms with Gasteiger partial charge in [-0.2, -0.15) is 0 Å². The van der Waals surface area contributed by atoms with Crippen LogP contribution in [0.4, 0.5) is 5.69 Å². The van der Waals surface area contributed by atoms with E-state index in [9.17, 15) is 9.59 Å². The van der Waals surface area contributed by atoms with Gasteiger partial charge in [0.05, 0.1) is 18.2 Å². The fourth-order valence-corrected chi connectivity index (χ4v) is 3.86. The van der Waals surface area contributed by atoms with Crippen LogP contribution in [0.2, 0.25) is 5.02 Å². The number of amides is 2. The molecule has 6 nitrogen and oxygen atoms in total. The normalized spacial score (nSPS) is 14.2. The second-order valence-electron chi connectivity index (χ2n) is 7.49. The van der Waals surface area contributed by atoms with Gasteiger partial charge in [0, 0.05) is 30.3 Å². The summed E-state index contributed by atoms with van der Waals surface area (Å²) in [5.74, 6) is 0.711. The minimum absolute atomic E-state index is 0.00241. The zero-order valence-corrected chi connectivity index (χ0v) is 18.8. The largest absolute Gasteiger partial charge is 0.490 e. The summed E-state index contributed by atoms with van der Waals surface area (Å²) < 4.78 is 11.4. The van der Waals surface area contributed by atoms with Crippen molar-refractivity contribution in [1.29, 1.82) is 0 Å². The predicted octanol–water partition coefficient (Wildman–Crippen LogP) is 5.02. The van der Waals surface area contributed by atoms with Crippen molar-refractivity contribution in [2.45, 2.75) is 33.1 Å². The molecule has 0 spiro atoms. The minimum atomic E-state index is -0.119. The average molecular weight is 445 g/mol. The SMILES string of the molecule is CCCOc1c(Cl)cc(C(=O)N2CCC(C(=O)Nc3ccccc3)CC2)cc1OCC. The zero-order chi connectivity index (χ0) is 22.2. The number of hydrogen-bond acceptors (Lipinski definition) is 4. The quantitative estimate of drug-likeness (QED) is 0.620. The predicted molar refractivity (Wildman–Crippen MR) is 122 cm³/mol. The van der Waals surface area contributed by atoms with E-state index in [1.807, 2.05) is 44.2 Å². The number of nitrogens with one attached hydrogen (secondary N) is 1. The first kappa shape index (κ1) is 22.9. The molecular weight excluding hydrogens is 416 g/mol. The lowest BCUT2D eigenvalue weighted by molar-refractivity contribution is -0.121. The van der Waals surface area contributed by atoms with Gasteiger partial charge in [-0.1, -0.05) is 36.7 Å². The molecule has 7 heteroatoms. The Morgan fingerprint density at radius 1 is 1.10 bits per heavy atom. The summed E-state index contributed by atoms with van der Waals surface area (Å²) in [7, 11) is 0. The molecule has 0 bridgehead atoms. The summed E-state index contributed by atoms with van der Waals surface area (Å²) in [6.07, 6.45) is 2.08. The van der Waals surface area contributed by atoms with Crippen molar-refractivity contribution >= 4 is 29.1 Å². The van der Waals surface area contributed by atoms with E-state index in [2.05, 4.69) is 5.32 Å². The number of likely N-dealkylation sites (tertiary alicyclic amines) is 1. The van der Waals surface area contributed by atoms with Crippen LogP contribution in [0.15, 0.2) is 42.5 Å². The lowest BCUT2D eigenvalue weighted by Crippen LogP contribution is -2.41. The molecule has 0 unspecified atom stereocenters. The maximum Gasteiger partial charge on any atom is 0.254 e. The molecule has 0 atom stereocenters. The molecule has 1 N–H and O–H groups in total. The van der Waals surface area contributed by atoms with Crippen LogP contribution in [0.5, 0.6) is 11.5 Å². The van der Waals surface area contributed by atoms with Gasteiger partial charge < -0.3 is 19.7 Å². The lowest BCUT2D eigenvalue weighted by atomic mass is 9.95. The van der Waals surface area contributed by atoms with E-state index in [4.69, 9.17) is 21.1 Å². The van der Waals surface area contributed by atoms with Gasteiger partial charge in [-0.15, -0.1) is 0 Å². The molecule has 2 aromatic rings. The fraction of sp³-hybridized carbons (Fsp3) is 0.417. The molecule has 0 radical (unpaired) electrons. The van der Waals surface area contributed by atoms with Crippen molar-refractivity contribution in [2.24, 2.45) is 5.92 Å². The molecule has 0 aliphatic carbocycles. The third-order valence-electron chi connectivity index (χ3n) is 5.20. The molecule has 31 heavy (non-hydrogen) atoms. The van der Waals surface area contributed by atoms with E-state index in [-0.39, 0.29) is 17.7 Å². The number of rotatable bonds is 8. The highest BCUT2D eigenvalue weighted by Gasteiger charge is 2.29. The Kier molecular flexibility index (Phi) is 8.18. The van der Waals surface area contributed by atoms with Crippen molar-refractivity contribution < 1.29 is 19.1 Å². The molecule has 3 rings (SSSR count). The van der Waals surface area contributed by atoms with Crippen LogP contribution in [0.3, 0.4) is 0 Å². The van der Waals surface area contributed by atoms with Crippen LogP contribution in [0, 0.1) is 5.92 Å². The first-order valence-electron chi connectivity index (χ1n) is 10.8. The summed E-state index contributed by atoms with van der Waals surface area (Å²) in [5, 5.41) is 3.31. The highest BCUT2D eigenvalue weighted by molar-refractivity contribution is 6.32. The molecule has 2 aromatic carbocycles. The van der Waals surface area contributed by atoms with Gasteiger partial charge in [-0.05, 0) is 50.5 Å². The number of benzene rings is 2. The van der Waals surface area contributed by atoms with Gasteiger partial charge >= 0.3 is 0 Å². The molecule has 1 heterocycles. The average Bonchev–Trinajstić information content (AvgIpc) is 2.79. The van der Waals surface area contributed by atoms with Gasteiger partial charge in [-0.3, -0.25) is 9.59 Å². The number of ether oxygens (including phenoxy) is 2. The molecular formula is C24H29ClN2O4. The van der Waals surface area contributed by atoms with Crippen LogP contribution in [0.1, 0.15) is 43.5 Å². The lowest BCUT2D eigenvalue weighted by Gasteiger charge is -2.31. The Morgan fingerprint density at radius 2 is 1.81 bits per heavy atom. The highest BCUT2D eigenvalue weighted by atomic mass is 35.5. The number of anilines is 1. The van der Waals surface area contributed by atoms with Crippen molar-refractivity contribution in [3.05, 3.63) is 53.1 Å². The first-order valence-corrected chi connectivity index (χ1v) is 11.2. The molecule has 166 valence electrons. The van der Waals surface area contributed by atoms with Crippen LogP contribution in [0.25, 0.3) is 0 Å². The maximum atomic E-state index is 13.1. The minimum Gasteiger partial charge on any atom is -0.490 e. The Labute approximate surface area is 188 Å². The van der Waals surface area contributed by atoms with Crippen molar-refractivity contribution in [1.82, 2.24) is 4.90 Å². The second-order valence-corrected chi connectivity index (χ2v) is 7.90. The third kappa shape index (κ3) is 5.91. The van der Waals surface area contributed by atoms with E-state index in [0.29, 0.717) is 61.2 Å². The van der Waals surface area contributed by atoms with Gasteiger partial charge in [-0.25, -0.2) is 0 Å². The van der Waals surface area contributed by atoms with E-state index >= 15 is 0 Å². The molecule has 1 aliphatic rings. The Morgan fingerprint density at radius 3 is 2.45 bits per heavy atom. The van der Waals surface area contributed by atoms with E-state index in [1.54, 1.807) is 17.0 Å². The number of para-hydroxylation sites is 1. The summed E-state index contributed by atoms with van der Waals surface area (Å²) in [5.41, 5.74) is 1.25. The van der Waals surface area contributed by atoms with E-state index in [0.717, 1.165) is 12.1 Å². The summed E-state index contributed by atoms with van der Waals surface area (Å²) >= 11 is 6.40. The number of halogens is 1. The van der Waals surface area contributed by atoms with Crippen molar-refractivity contribution in [3.8, 4) is 11.5 Å². The third-order valence-corrected chi connectivity index (χ3v) is 5.48. The summed E-state index contributed by atoms with van der Waals surface area (Å²) in [4.78, 5) is 27.4. The first-order chi connectivity index (χ1) is 15.0. The zero-order valence-electron chi connectivity index (χ0n) is 18.0. The van der Waals surface area contributed by atoms with E-state index in [1.165, 1.54) is 0 Å². The molecule has 1 saturated heterocycles. The number of nitrogens with zero attached hydrogens (tertiary/aromatic N) is 1. The Hall–Kier alpha value is -2.73. The molecule has 0 saturated carbocycles. The van der Waals surface area contributed by atoms with Gasteiger partial charge in [0.15, 0.2) is 11.5 Å². The fourth-order valence-electron chi connectivity index (χ4n) is 3.59. The van der Waals surface area contributed by atoms with Crippen LogP contribution < -0.4 is 14.8 Å². The summed E-state index contributed by atoms with van der Waals surface area (Å²) in [6.45, 7) is 5.87. The molecule has 1 aliphatic heterocycles. The number of piperidine rings is 1. The smallest absolute Gasteiger partial charge is 0.254 e. The summed E-state index contributed by atoms with van der Waals surface area (Å²) in [6, 6.07) is 12.7. The van der Waals surface area contributed by atoms with Crippen molar-refractivity contribution in [3.63, 3.8) is 0 Å². The maximum absolute atomic E-state index is 13.1. The topological polar surface area (TPSA) is 67.9 Å². The second kappa shape index (κ2) is 11.0. The number of carbonyl (C=O) groups excluding carboxylic acids is 2. The van der Waals surface area contributed by atoms with Crippen LogP contribution in [-0.4, -0.2) is 43.0 Å². The van der Waals surface area contributed by atoms with Gasteiger partial charge in [0.25, 0.3) is 5.91 Å². The van der Waals surface area contributed by atoms with Crippen LogP contribution in [-0.2, 0) is 4.79 Å². The van der Waals surface area contributed by atoms with Gasteiger partial charge in [0.2, 0.25) is 5.91 Å². The number of carbonyl (C=O) groups is 2. The standard InChI is InChI=1S/C24H29ClN2O4/c1-3-14-31-22-20(25)15-18(16-21(22)30-4-2)24(29)27-12-10-17(11-13-27)23(28)26-19-8-6-5-7-9-19/h5-9,15-17H,3-4,10-14H2,1-2H3,(H,26,28). The highest BCUT2D eigenvalue weighted by Crippen LogP contribution is 2.37.